The highest BCUT2D eigenvalue weighted by Gasteiger charge is 2.12. The molecule has 0 bridgehead atoms. The van der Waals surface area contributed by atoms with E-state index in [0.717, 1.165) is 26.7 Å². The van der Waals surface area contributed by atoms with Crippen molar-refractivity contribution < 1.29 is 4.74 Å². The zero-order valence-corrected chi connectivity index (χ0v) is 13.8. The SMILES string of the molecule is COc1ccc(C(N)Cc2sccc2Br)cc1Br. The standard InChI is InChI=1S/C13H13Br2NOS/c1-17-12-3-2-8(6-10(12)15)11(16)7-13-9(14)4-5-18-13/h2-6,11H,7,16H2,1H3. The van der Waals surface area contributed by atoms with E-state index in [1.165, 1.54) is 4.88 Å². The van der Waals surface area contributed by atoms with Gasteiger partial charge in [-0.05, 0) is 61.0 Å². The highest BCUT2D eigenvalue weighted by Crippen LogP contribution is 2.31. The molecule has 0 saturated carbocycles. The summed E-state index contributed by atoms with van der Waals surface area (Å²) >= 11 is 8.73. The lowest BCUT2D eigenvalue weighted by Crippen LogP contribution is -2.13. The molecule has 0 aliphatic rings. The van der Waals surface area contributed by atoms with Crippen molar-refractivity contribution in [2.45, 2.75) is 12.5 Å². The molecule has 0 amide bonds. The van der Waals surface area contributed by atoms with Crippen LogP contribution in [-0.4, -0.2) is 7.11 Å². The Morgan fingerprint density at radius 1 is 1.28 bits per heavy atom. The second-order valence-electron chi connectivity index (χ2n) is 3.90. The maximum Gasteiger partial charge on any atom is 0.133 e. The van der Waals surface area contributed by atoms with Crippen LogP contribution in [0.5, 0.6) is 5.75 Å². The third-order valence-electron chi connectivity index (χ3n) is 2.70. The van der Waals surface area contributed by atoms with Gasteiger partial charge in [0.05, 0.1) is 11.6 Å². The average Bonchev–Trinajstić information content (AvgIpc) is 2.75. The smallest absolute Gasteiger partial charge is 0.133 e. The average molecular weight is 391 g/mol. The fourth-order valence-corrected chi connectivity index (χ4v) is 3.83. The van der Waals surface area contributed by atoms with Crippen molar-refractivity contribution in [1.29, 1.82) is 0 Å². The van der Waals surface area contributed by atoms with E-state index >= 15 is 0 Å². The summed E-state index contributed by atoms with van der Waals surface area (Å²) in [6.07, 6.45) is 0.830. The molecule has 96 valence electrons. The molecule has 5 heteroatoms. The molecule has 2 rings (SSSR count). The third-order valence-corrected chi connectivity index (χ3v) is 5.27. The minimum absolute atomic E-state index is 0.0119. The summed E-state index contributed by atoms with van der Waals surface area (Å²) in [4.78, 5) is 1.27. The molecule has 1 heterocycles. The van der Waals surface area contributed by atoms with Crippen LogP contribution in [-0.2, 0) is 6.42 Å². The number of benzene rings is 1. The zero-order valence-electron chi connectivity index (χ0n) is 9.82. The molecule has 2 aromatic rings. The summed E-state index contributed by atoms with van der Waals surface area (Å²) in [5, 5.41) is 2.07. The van der Waals surface area contributed by atoms with Crippen LogP contribution in [0.15, 0.2) is 38.6 Å². The minimum atomic E-state index is -0.0119. The van der Waals surface area contributed by atoms with Gasteiger partial charge in [0.15, 0.2) is 0 Å². The van der Waals surface area contributed by atoms with Crippen molar-refractivity contribution >= 4 is 43.2 Å². The van der Waals surface area contributed by atoms with Crippen LogP contribution >= 0.6 is 43.2 Å². The van der Waals surface area contributed by atoms with E-state index in [-0.39, 0.29) is 6.04 Å². The number of thiophene rings is 1. The normalized spacial score (nSPS) is 12.4. The molecule has 1 aromatic carbocycles. The molecule has 0 radical (unpaired) electrons. The van der Waals surface area contributed by atoms with Gasteiger partial charge in [0, 0.05) is 21.8 Å². The zero-order chi connectivity index (χ0) is 13.1. The summed E-state index contributed by atoms with van der Waals surface area (Å²) in [5.41, 5.74) is 7.34. The molecular weight excluding hydrogens is 378 g/mol. The van der Waals surface area contributed by atoms with Crippen LogP contribution in [0.2, 0.25) is 0 Å². The van der Waals surface area contributed by atoms with Gasteiger partial charge in [-0.25, -0.2) is 0 Å². The van der Waals surface area contributed by atoms with Gasteiger partial charge in [-0.2, -0.15) is 0 Å². The first-order chi connectivity index (χ1) is 8.61. The molecule has 0 spiro atoms. The predicted molar refractivity (Wildman–Crippen MR) is 83.3 cm³/mol. The van der Waals surface area contributed by atoms with Crippen molar-refractivity contribution in [2.75, 3.05) is 7.11 Å². The Balaban J connectivity index is 2.16. The van der Waals surface area contributed by atoms with Crippen LogP contribution in [0.4, 0.5) is 0 Å². The predicted octanol–water partition coefficient (Wildman–Crippen LogP) is 4.52. The van der Waals surface area contributed by atoms with Crippen molar-refractivity contribution in [1.82, 2.24) is 0 Å². The molecule has 2 nitrogen and oxygen atoms in total. The molecule has 1 aromatic heterocycles. The summed E-state index contributed by atoms with van der Waals surface area (Å²) in [6, 6.07) is 8.00. The lowest BCUT2D eigenvalue weighted by atomic mass is 10.0. The van der Waals surface area contributed by atoms with Gasteiger partial charge in [-0.3, -0.25) is 0 Å². The van der Waals surface area contributed by atoms with Crippen LogP contribution < -0.4 is 10.5 Å². The number of nitrogens with two attached hydrogens (primary N) is 1. The van der Waals surface area contributed by atoms with E-state index in [1.54, 1.807) is 18.4 Å². The van der Waals surface area contributed by atoms with E-state index in [1.807, 2.05) is 18.2 Å². The van der Waals surface area contributed by atoms with Gasteiger partial charge < -0.3 is 10.5 Å². The Labute approximate surface area is 127 Å². The summed E-state index contributed by atoms with van der Waals surface area (Å²) in [7, 11) is 1.66. The Hall–Kier alpha value is -0.360. The number of methoxy groups -OCH3 is 1. The van der Waals surface area contributed by atoms with Crippen molar-refractivity contribution in [3.8, 4) is 5.75 Å². The van der Waals surface area contributed by atoms with Gasteiger partial charge in [0.2, 0.25) is 0 Å². The van der Waals surface area contributed by atoms with Crippen molar-refractivity contribution in [2.24, 2.45) is 5.73 Å². The largest absolute Gasteiger partial charge is 0.496 e. The molecular formula is C13H13Br2NOS. The number of rotatable bonds is 4. The fraction of sp³-hybridized carbons (Fsp3) is 0.231. The maximum atomic E-state index is 6.24. The molecule has 1 atom stereocenters. The Morgan fingerprint density at radius 3 is 2.61 bits per heavy atom. The number of hydrogen-bond acceptors (Lipinski definition) is 3. The molecule has 2 N–H and O–H groups in total. The van der Waals surface area contributed by atoms with E-state index < -0.39 is 0 Å². The van der Waals surface area contributed by atoms with Gasteiger partial charge in [0.1, 0.15) is 5.75 Å². The molecule has 1 unspecified atom stereocenters. The van der Waals surface area contributed by atoms with Gasteiger partial charge in [0.25, 0.3) is 0 Å². The van der Waals surface area contributed by atoms with E-state index in [0.29, 0.717) is 0 Å². The van der Waals surface area contributed by atoms with Crippen molar-refractivity contribution in [3.63, 3.8) is 0 Å². The van der Waals surface area contributed by atoms with Crippen LogP contribution in [0, 0.1) is 0 Å². The van der Waals surface area contributed by atoms with E-state index in [4.69, 9.17) is 10.5 Å². The highest BCUT2D eigenvalue weighted by atomic mass is 79.9. The summed E-state index contributed by atoms with van der Waals surface area (Å²) < 4.78 is 7.28. The molecule has 0 aliphatic heterocycles. The maximum absolute atomic E-state index is 6.24. The lowest BCUT2D eigenvalue weighted by Gasteiger charge is -2.13. The first kappa shape index (κ1) is 14.1. The van der Waals surface area contributed by atoms with Crippen LogP contribution in [0.1, 0.15) is 16.5 Å². The quantitative estimate of drug-likeness (QED) is 0.832. The van der Waals surface area contributed by atoms with Crippen LogP contribution in [0.3, 0.4) is 0 Å². The number of halogens is 2. The van der Waals surface area contributed by atoms with E-state index in [9.17, 15) is 0 Å². The topological polar surface area (TPSA) is 35.2 Å². The fourth-order valence-electron chi connectivity index (χ4n) is 1.70. The van der Waals surface area contributed by atoms with Gasteiger partial charge >= 0.3 is 0 Å². The van der Waals surface area contributed by atoms with Crippen molar-refractivity contribution in [3.05, 3.63) is 49.0 Å². The molecule has 0 aliphatic carbocycles. The van der Waals surface area contributed by atoms with Crippen LogP contribution in [0.25, 0.3) is 0 Å². The Morgan fingerprint density at radius 2 is 2.06 bits per heavy atom. The van der Waals surface area contributed by atoms with Gasteiger partial charge in [-0.1, -0.05) is 6.07 Å². The number of hydrogen-bond donors (Lipinski definition) is 1. The first-order valence-corrected chi connectivity index (χ1v) is 7.89. The third kappa shape index (κ3) is 3.15. The van der Waals surface area contributed by atoms with Gasteiger partial charge in [-0.15, -0.1) is 11.3 Å². The second-order valence-corrected chi connectivity index (χ2v) is 6.61. The Kier molecular flexibility index (Phi) is 4.84. The first-order valence-electron chi connectivity index (χ1n) is 5.42. The Bertz CT molecular complexity index is 542. The molecule has 0 saturated heterocycles. The minimum Gasteiger partial charge on any atom is -0.496 e. The highest BCUT2D eigenvalue weighted by molar-refractivity contribution is 9.10. The monoisotopic (exact) mass is 389 g/mol. The summed E-state index contributed by atoms with van der Waals surface area (Å²) in [5.74, 6) is 0.822. The number of ether oxygens (including phenoxy) is 1. The second kappa shape index (κ2) is 6.19. The molecule has 18 heavy (non-hydrogen) atoms. The molecule has 0 fully saturated rings. The lowest BCUT2D eigenvalue weighted by molar-refractivity contribution is 0.412. The summed E-state index contributed by atoms with van der Waals surface area (Å²) in [6.45, 7) is 0. The van der Waals surface area contributed by atoms with E-state index in [2.05, 4.69) is 43.3 Å².